The van der Waals surface area contributed by atoms with Crippen LogP contribution in [0.5, 0.6) is 0 Å². The number of amides is 2. The van der Waals surface area contributed by atoms with Crippen molar-refractivity contribution in [3.05, 3.63) is 58.1 Å². The van der Waals surface area contributed by atoms with E-state index in [1.54, 1.807) is 18.2 Å². The van der Waals surface area contributed by atoms with Gasteiger partial charge in [-0.05, 0) is 42.3 Å². The van der Waals surface area contributed by atoms with Crippen LogP contribution in [0.1, 0.15) is 18.9 Å². The Kier molecular flexibility index (Phi) is 6.02. The van der Waals surface area contributed by atoms with E-state index in [4.69, 9.17) is 23.2 Å². The van der Waals surface area contributed by atoms with Crippen LogP contribution < -0.4 is 10.6 Å². The van der Waals surface area contributed by atoms with Gasteiger partial charge < -0.3 is 10.6 Å². The number of hydrogen-bond acceptors (Lipinski definition) is 2. The SMILES string of the molecule is CCc1ccc(NC(=O)CC(=O)Nc2cc(Cl)cc(Cl)c2)cc1. The minimum absolute atomic E-state index is 0.292. The van der Waals surface area contributed by atoms with Gasteiger partial charge >= 0.3 is 0 Å². The zero-order valence-corrected chi connectivity index (χ0v) is 14.0. The fourth-order valence-corrected chi connectivity index (χ4v) is 2.53. The molecule has 2 N–H and O–H groups in total. The van der Waals surface area contributed by atoms with E-state index in [2.05, 4.69) is 17.6 Å². The van der Waals surface area contributed by atoms with Gasteiger partial charge in [0.15, 0.2) is 0 Å². The van der Waals surface area contributed by atoms with Crippen molar-refractivity contribution in [3.8, 4) is 0 Å². The van der Waals surface area contributed by atoms with Gasteiger partial charge in [0.1, 0.15) is 6.42 Å². The van der Waals surface area contributed by atoms with E-state index >= 15 is 0 Å². The first-order valence-electron chi connectivity index (χ1n) is 7.11. The van der Waals surface area contributed by atoms with E-state index in [-0.39, 0.29) is 12.3 Å². The molecule has 2 aromatic carbocycles. The second-order valence-corrected chi connectivity index (χ2v) is 5.85. The van der Waals surface area contributed by atoms with Crippen molar-refractivity contribution in [2.45, 2.75) is 19.8 Å². The van der Waals surface area contributed by atoms with Crippen molar-refractivity contribution in [1.29, 1.82) is 0 Å². The molecule has 0 aromatic heterocycles. The standard InChI is InChI=1S/C17H16Cl2N2O2/c1-2-11-3-5-14(6-4-11)20-16(22)10-17(23)21-15-8-12(18)7-13(19)9-15/h3-9H,2,10H2,1H3,(H,20,22)(H,21,23). The first-order valence-corrected chi connectivity index (χ1v) is 7.86. The van der Waals surface area contributed by atoms with Crippen LogP contribution >= 0.6 is 23.2 Å². The van der Waals surface area contributed by atoms with Crippen LogP contribution in [0.3, 0.4) is 0 Å². The second-order valence-electron chi connectivity index (χ2n) is 4.98. The van der Waals surface area contributed by atoms with Gasteiger partial charge in [-0.15, -0.1) is 0 Å². The molecule has 6 heteroatoms. The summed E-state index contributed by atoms with van der Waals surface area (Å²) in [6.07, 6.45) is 0.637. The largest absolute Gasteiger partial charge is 0.326 e. The van der Waals surface area contributed by atoms with E-state index in [1.807, 2.05) is 24.3 Å². The highest BCUT2D eigenvalue weighted by Crippen LogP contribution is 2.22. The van der Waals surface area contributed by atoms with E-state index < -0.39 is 5.91 Å². The normalized spacial score (nSPS) is 10.2. The zero-order valence-electron chi connectivity index (χ0n) is 12.5. The molecule has 120 valence electrons. The van der Waals surface area contributed by atoms with Gasteiger partial charge in [0.25, 0.3) is 0 Å². The van der Waals surface area contributed by atoms with Gasteiger partial charge in [-0.25, -0.2) is 0 Å². The van der Waals surface area contributed by atoms with E-state index in [0.29, 0.717) is 21.4 Å². The summed E-state index contributed by atoms with van der Waals surface area (Å²) in [4.78, 5) is 23.8. The van der Waals surface area contributed by atoms with Crippen LogP contribution in [0.15, 0.2) is 42.5 Å². The van der Waals surface area contributed by atoms with E-state index in [0.717, 1.165) is 6.42 Å². The molecule has 0 saturated heterocycles. The predicted octanol–water partition coefficient (Wildman–Crippen LogP) is 4.52. The molecular formula is C17H16Cl2N2O2. The molecule has 2 aromatic rings. The third kappa shape index (κ3) is 5.58. The van der Waals surface area contributed by atoms with Gasteiger partial charge in [0.05, 0.1) is 0 Å². The summed E-state index contributed by atoms with van der Waals surface area (Å²) in [5.74, 6) is -0.828. The van der Waals surface area contributed by atoms with Crippen molar-refractivity contribution in [2.75, 3.05) is 10.6 Å². The van der Waals surface area contributed by atoms with E-state index in [9.17, 15) is 9.59 Å². The average Bonchev–Trinajstić information content (AvgIpc) is 2.46. The lowest BCUT2D eigenvalue weighted by Gasteiger charge is -2.08. The minimum atomic E-state index is -0.439. The molecule has 2 amide bonds. The second kappa shape index (κ2) is 7.99. The first kappa shape index (κ1) is 17.3. The van der Waals surface area contributed by atoms with Crippen LogP contribution in [0.2, 0.25) is 10.0 Å². The molecule has 2 rings (SSSR count). The summed E-state index contributed by atoms with van der Waals surface area (Å²) < 4.78 is 0. The number of carbonyl (C=O) groups excluding carboxylic acids is 2. The summed E-state index contributed by atoms with van der Waals surface area (Å²) in [5, 5.41) is 6.09. The molecule has 0 atom stereocenters. The Hall–Kier alpha value is -2.04. The third-order valence-electron chi connectivity index (χ3n) is 3.11. The highest BCUT2D eigenvalue weighted by molar-refractivity contribution is 6.35. The number of halogens is 2. The van der Waals surface area contributed by atoms with Crippen molar-refractivity contribution < 1.29 is 9.59 Å². The summed E-state index contributed by atoms with van der Waals surface area (Å²) >= 11 is 11.7. The van der Waals surface area contributed by atoms with Gasteiger partial charge in [-0.2, -0.15) is 0 Å². The Balaban J connectivity index is 1.90. The molecule has 0 aliphatic rings. The maximum Gasteiger partial charge on any atom is 0.233 e. The molecule has 0 saturated carbocycles. The Morgan fingerprint density at radius 3 is 1.91 bits per heavy atom. The van der Waals surface area contributed by atoms with Crippen LogP contribution in [-0.4, -0.2) is 11.8 Å². The Morgan fingerprint density at radius 2 is 1.39 bits per heavy atom. The molecule has 0 spiro atoms. The van der Waals surface area contributed by atoms with Crippen LogP contribution in [0.25, 0.3) is 0 Å². The quantitative estimate of drug-likeness (QED) is 0.778. The molecule has 0 bridgehead atoms. The maximum absolute atomic E-state index is 11.9. The van der Waals surface area contributed by atoms with Gasteiger partial charge in [0.2, 0.25) is 11.8 Å². The van der Waals surface area contributed by atoms with Crippen LogP contribution in [0.4, 0.5) is 11.4 Å². The fraction of sp³-hybridized carbons (Fsp3) is 0.176. The van der Waals surface area contributed by atoms with Crippen molar-refractivity contribution in [3.63, 3.8) is 0 Å². The number of nitrogens with one attached hydrogen (secondary N) is 2. The lowest BCUT2D eigenvalue weighted by molar-refractivity contribution is -0.123. The van der Waals surface area contributed by atoms with Crippen molar-refractivity contribution in [2.24, 2.45) is 0 Å². The van der Waals surface area contributed by atoms with Gasteiger partial charge in [-0.3, -0.25) is 9.59 Å². The molecule has 0 unspecified atom stereocenters. The maximum atomic E-state index is 11.9. The Morgan fingerprint density at radius 1 is 0.870 bits per heavy atom. The molecule has 23 heavy (non-hydrogen) atoms. The number of benzene rings is 2. The third-order valence-corrected chi connectivity index (χ3v) is 3.55. The summed E-state index contributed by atoms with van der Waals surface area (Å²) in [7, 11) is 0. The smallest absolute Gasteiger partial charge is 0.233 e. The number of hydrogen-bond donors (Lipinski definition) is 2. The molecule has 4 nitrogen and oxygen atoms in total. The summed E-state index contributed by atoms with van der Waals surface area (Å²) in [6, 6.07) is 12.2. The monoisotopic (exact) mass is 350 g/mol. The van der Waals surface area contributed by atoms with Crippen molar-refractivity contribution >= 4 is 46.4 Å². The molecule has 0 fully saturated rings. The number of rotatable bonds is 5. The molecule has 0 radical (unpaired) electrons. The van der Waals surface area contributed by atoms with E-state index in [1.165, 1.54) is 5.56 Å². The summed E-state index contributed by atoms with van der Waals surface area (Å²) in [6.45, 7) is 2.06. The summed E-state index contributed by atoms with van der Waals surface area (Å²) in [5.41, 5.74) is 2.29. The first-order chi connectivity index (χ1) is 11.0. The molecule has 0 aliphatic carbocycles. The number of anilines is 2. The number of aryl methyl sites for hydroxylation is 1. The van der Waals surface area contributed by atoms with Gasteiger partial charge in [0, 0.05) is 21.4 Å². The predicted molar refractivity (Wildman–Crippen MR) is 94.2 cm³/mol. The minimum Gasteiger partial charge on any atom is -0.326 e. The Labute approximate surface area is 144 Å². The molecule has 0 aliphatic heterocycles. The highest BCUT2D eigenvalue weighted by Gasteiger charge is 2.11. The zero-order chi connectivity index (χ0) is 16.8. The van der Waals surface area contributed by atoms with Crippen LogP contribution in [0, 0.1) is 0 Å². The lowest BCUT2D eigenvalue weighted by Crippen LogP contribution is -2.21. The molecule has 0 heterocycles. The number of carbonyl (C=O) groups is 2. The topological polar surface area (TPSA) is 58.2 Å². The van der Waals surface area contributed by atoms with Crippen molar-refractivity contribution in [1.82, 2.24) is 0 Å². The fourth-order valence-electron chi connectivity index (χ4n) is 2.01. The molecular weight excluding hydrogens is 335 g/mol. The highest BCUT2D eigenvalue weighted by atomic mass is 35.5. The average molecular weight is 351 g/mol. The van der Waals surface area contributed by atoms with Gasteiger partial charge in [-0.1, -0.05) is 42.3 Å². The van der Waals surface area contributed by atoms with Crippen LogP contribution in [-0.2, 0) is 16.0 Å². The lowest BCUT2D eigenvalue weighted by atomic mass is 10.1. The Bertz CT molecular complexity index is 695.